The topological polar surface area (TPSA) is 139 Å². The summed E-state index contributed by atoms with van der Waals surface area (Å²) >= 11 is 0. The fourth-order valence-electron chi connectivity index (χ4n) is 4.87. The summed E-state index contributed by atoms with van der Waals surface area (Å²) in [5.74, 6) is 0.855. The van der Waals surface area contributed by atoms with Crippen LogP contribution in [0.1, 0.15) is 30.4 Å². The van der Waals surface area contributed by atoms with E-state index in [-0.39, 0.29) is 11.9 Å². The van der Waals surface area contributed by atoms with Gasteiger partial charge in [0.15, 0.2) is 0 Å². The minimum Gasteiger partial charge on any atom is -0.489 e. The molecule has 2 N–H and O–H groups in total. The lowest BCUT2D eigenvalue weighted by Gasteiger charge is -2.26. The summed E-state index contributed by atoms with van der Waals surface area (Å²) in [4.78, 5) is 11.2. The molecular formula is C30H36N6O5S. The summed E-state index contributed by atoms with van der Waals surface area (Å²) < 4.78 is 44.6. The first-order valence-corrected chi connectivity index (χ1v) is 15.9. The van der Waals surface area contributed by atoms with E-state index in [1.54, 1.807) is 42.6 Å². The Balaban J connectivity index is 1.15. The van der Waals surface area contributed by atoms with Crippen molar-refractivity contribution >= 4 is 21.7 Å². The normalized spacial score (nSPS) is 16.5. The third kappa shape index (κ3) is 8.70. The first-order valence-electron chi connectivity index (χ1n) is 14.2. The molecule has 2 fully saturated rings. The van der Waals surface area contributed by atoms with E-state index in [1.165, 1.54) is 0 Å². The van der Waals surface area contributed by atoms with Gasteiger partial charge in [0.25, 0.3) is 0 Å². The average molecular weight is 593 g/mol. The third-order valence-electron chi connectivity index (χ3n) is 7.16. The zero-order valence-corrected chi connectivity index (χ0v) is 24.3. The molecule has 2 aliphatic heterocycles. The van der Waals surface area contributed by atoms with Gasteiger partial charge in [0.1, 0.15) is 17.9 Å². The lowest BCUT2D eigenvalue weighted by molar-refractivity contribution is 0.0254. The van der Waals surface area contributed by atoms with Gasteiger partial charge in [-0.1, -0.05) is 12.1 Å². The number of nitrogens with one attached hydrogen (secondary N) is 2. The molecule has 0 bridgehead atoms. The number of benzene rings is 2. The highest BCUT2D eigenvalue weighted by atomic mass is 32.2. The molecule has 11 nitrogen and oxygen atoms in total. The van der Waals surface area contributed by atoms with Crippen molar-refractivity contribution in [2.45, 2.75) is 31.1 Å². The van der Waals surface area contributed by atoms with Gasteiger partial charge >= 0.3 is 0 Å². The average Bonchev–Trinajstić information content (AvgIpc) is 3.01. The zero-order valence-electron chi connectivity index (χ0n) is 23.5. The molecule has 2 aliphatic rings. The molecule has 0 amide bonds. The van der Waals surface area contributed by atoms with Gasteiger partial charge in [-0.3, -0.25) is 4.90 Å². The fraction of sp³-hybridized carbons (Fsp3) is 0.433. The Bertz CT molecular complexity index is 1470. The monoisotopic (exact) mass is 592 g/mol. The van der Waals surface area contributed by atoms with E-state index in [0.717, 1.165) is 63.4 Å². The summed E-state index contributed by atoms with van der Waals surface area (Å²) in [5.41, 5.74) is 3.29. The molecule has 1 aromatic heterocycles. The van der Waals surface area contributed by atoms with Crippen LogP contribution in [0.3, 0.4) is 0 Å². The number of morpholine rings is 1. The van der Waals surface area contributed by atoms with Crippen molar-refractivity contribution in [2.75, 3.05) is 57.9 Å². The summed E-state index contributed by atoms with van der Waals surface area (Å²) in [7, 11) is -3.44. The summed E-state index contributed by atoms with van der Waals surface area (Å²) in [6.45, 7) is 5.85. The summed E-state index contributed by atoms with van der Waals surface area (Å²) in [6.07, 6.45) is 4.05. The number of rotatable bonds is 12. The van der Waals surface area contributed by atoms with Crippen LogP contribution in [-0.2, 0) is 25.2 Å². The highest BCUT2D eigenvalue weighted by molar-refractivity contribution is 7.88. The predicted molar refractivity (Wildman–Crippen MR) is 159 cm³/mol. The molecule has 2 saturated heterocycles. The molecule has 3 heterocycles. The number of hydrogen-bond acceptors (Lipinski definition) is 10. The van der Waals surface area contributed by atoms with Crippen molar-refractivity contribution in [3.8, 4) is 23.1 Å². The smallest absolute Gasteiger partial charge is 0.227 e. The molecule has 222 valence electrons. The highest BCUT2D eigenvalue weighted by Gasteiger charge is 2.18. The molecule has 3 aromatic rings. The highest BCUT2D eigenvalue weighted by Crippen LogP contribution is 2.28. The maximum Gasteiger partial charge on any atom is 0.227 e. The van der Waals surface area contributed by atoms with Crippen molar-refractivity contribution < 1.29 is 22.6 Å². The van der Waals surface area contributed by atoms with Crippen molar-refractivity contribution in [1.82, 2.24) is 19.6 Å². The van der Waals surface area contributed by atoms with Crippen LogP contribution in [0, 0.1) is 11.3 Å². The van der Waals surface area contributed by atoms with E-state index >= 15 is 0 Å². The van der Waals surface area contributed by atoms with Crippen LogP contribution < -0.4 is 14.8 Å². The molecular weight excluding hydrogens is 556 g/mol. The number of sulfonamides is 1. The first-order chi connectivity index (χ1) is 20.5. The number of anilines is 2. The van der Waals surface area contributed by atoms with Gasteiger partial charge in [0, 0.05) is 49.9 Å². The molecule has 0 saturated carbocycles. The van der Waals surface area contributed by atoms with E-state index in [0.29, 0.717) is 48.3 Å². The lowest BCUT2D eigenvalue weighted by Crippen LogP contribution is -2.38. The molecule has 0 aliphatic carbocycles. The van der Waals surface area contributed by atoms with Crippen LogP contribution in [0.4, 0.5) is 11.6 Å². The Hall–Kier alpha value is -3.60. The molecule has 0 unspecified atom stereocenters. The number of ether oxygens (including phenoxy) is 3. The van der Waals surface area contributed by atoms with Crippen LogP contribution in [0.2, 0.25) is 0 Å². The van der Waals surface area contributed by atoms with Gasteiger partial charge in [-0.2, -0.15) is 5.26 Å². The number of aromatic nitrogens is 2. The molecule has 0 radical (unpaired) electrons. The molecule has 2 aromatic carbocycles. The standard InChI is InChI=1S/C30H36N6O5S/c31-21-25-20-24(4-7-29(25)41-27-9-16-39-17-10-27)28-8-12-32-30(35-28)34-26-5-2-23(3-6-26)22-42(37,38)33-11-1-13-36-14-18-40-19-15-36/h2-8,12,20,27,33H,1,9-11,13-19,22H2,(H,32,34,35). The molecule has 5 rings (SSSR count). The van der Waals surface area contributed by atoms with Crippen molar-refractivity contribution in [3.05, 3.63) is 65.9 Å². The Morgan fingerprint density at radius 3 is 2.55 bits per heavy atom. The van der Waals surface area contributed by atoms with E-state index in [4.69, 9.17) is 14.2 Å². The Morgan fingerprint density at radius 2 is 1.79 bits per heavy atom. The quantitative estimate of drug-likeness (QED) is 0.301. The second-order valence-electron chi connectivity index (χ2n) is 10.3. The Morgan fingerprint density at radius 1 is 1.02 bits per heavy atom. The fourth-order valence-corrected chi connectivity index (χ4v) is 6.06. The van der Waals surface area contributed by atoms with Gasteiger partial charge in [-0.15, -0.1) is 0 Å². The van der Waals surface area contributed by atoms with E-state index < -0.39 is 10.0 Å². The van der Waals surface area contributed by atoms with Gasteiger partial charge in [0.05, 0.1) is 43.4 Å². The van der Waals surface area contributed by atoms with Crippen LogP contribution in [-0.4, -0.2) is 82.0 Å². The maximum atomic E-state index is 12.6. The molecule has 0 atom stereocenters. The van der Waals surface area contributed by atoms with E-state index in [1.807, 2.05) is 12.1 Å². The van der Waals surface area contributed by atoms with Crippen LogP contribution in [0.15, 0.2) is 54.7 Å². The number of hydrogen-bond donors (Lipinski definition) is 2. The second-order valence-corrected chi connectivity index (χ2v) is 12.1. The van der Waals surface area contributed by atoms with Crippen LogP contribution >= 0.6 is 0 Å². The van der Waals surface area contributed by atoms with Crippen molar-refractivity contribution in [2.24, 2.45) is 0 Å². The minimum atomic E-state index is -3.44. The largest absolute Gasteiger partial charge is 0.489 e. The summed E-state index contributed by atoms with van der Waals surface area (Å²) in [6, 6.07) is 16.6. The van der Waals surface area contributed by atoms with Gasteiger partial charge in [-0.25, -0.2) is 23.1 Å². The van der Waals surface area contributed by atoms with Crippen molar-refractivity contribution in [1.29, 1.82) is 5.26 Å². The van der Waals surface area contributed by atoms with E-state index in [9.17, 15) is 13.7 Å². The van der Waals surface area contributed by atoms with Gasteiger partial charge < -0.3 is 19.5 Å². The zero-order chi connectivity index (χ0) is 29.2. The predicted octanol–water partition coefficient (Wildman–Crippen LogP) is 3.46. The summed E-state index contributed by atoms with van der Waals surface area (Å²) in [5, 5.41) is 12.9. The Kier molecular flexibility index (Phi) is 10.3. The van der Waals surface area contributed by atoms with Crippen LogP contribution in [0.25, 0.3) is 11.3 Å². The Labute approximate surface area is 246 Å². The minimum absolute atomic E-state index is 0.0416. The maximum absolute atomic E-state index is 12.6. The van der Waals surface area contributed by atoms with Gasteiger partial charge in [0.2, 0.25) is 16.0 Å². The molecule has 12 heteroatoms. The SMILES string of the molecule is N#Cc1cc(-c2ccnc(Nc3ccc(CS(=O)(=O)NCCCN4CCOCC4)cc3)n2)ccc1OC1CCOCC1. The first kappa shape index (κ1) is 29.9. The van der Waals surface area contributed by atoms with Gasteiger partial charge in [-0.05, 0) is 54.9 Å². The van der Waals surface area contributed by atoms with Crippen molar-refractivity contribution in [3.63, 3.8) is 0 Å². The molecule has 0 spiro atoms. The molecule has 42 heavy (non-hydrogen) atoms. The van der Waals surface area contributed by atoms with Crippen LogP contribution in [0.5, 0.6) is 5.75 Å². The lowest BCUT2D eigenvalue weighted by atomic mass is 10.1. The third-order valence-corrected chi connectivity index (χ3v) is 8.51. The van der Waals surface area contributed by atoms with E-state index in [2.05, 4.69) is 31.0 Å². The number of nitrogens with zero attached hydrogens (tertiary/aromatic N) is 4. The number of nitriles is 1. The second kappa shape index (κ2) is 14.5.